The summed E-state index contributed by atoms with van der Waals surface area (Å²) in [6.07, 6.45) is 1.00. The van der Waals surface area contributed by atoms with Crippen LogP contribution in [0.3, 0.4) is 0 Å². The standard InChI is InChI=1S/C21H21N3O3S/c1-24-9-8-14-10-16-18(27-12-26-16)19(25-2)17(14)20(24)23-21-22-15(11-28-21)13-6-4-3-5-7-13/h3-7,10-11,20H,8-9,12H2,1-2H3,(H,22,23)/p+1/t20-/m1/s1. The number of aromatic nitrogens is 1. The molecule has 1 unspecified atom stereocenters. The first-order chi connectivity index (χ1) is 13.7. The Morgan fingerprint density at radius 2 is 2.11 bits per heavy atom. The maximum absolute atomic E-state index is 5.77. The first kappa shape index (κ1) is 17.3. The highest BCUT2D eigenvalue weighted by molar-refractivity contribution is 7.14. The summed E-state index contributed by atoms with van der Waals surface area (Å²) in [6, 6.07) is 12.3. The molecule has 6 nitrogen and oxygen atoms in total. The number of rotatable bonds is 4. The Kier molecular flexibility index (Phi) is 4.33. The average molecular weight is 396 g/mol. The van der Waals surface area contributed by atoms with Crippen molar-refractivity contribution in [2.45, 2.75) is 12.6 Å². The molecule has 1 aromatic heterocycles. The Morgan fingerprint density at radius 3 is 2.93 bits per heavy atom. The van der Waals surface area contributed by atoms with E-state index < -0.39 is 0 Å². The van der Waals surface area contributed by atoms with Gasteiger partial charge in [-0.05, 0) is 11.6 Å². The molecule has 0 spiro atoms. The van der Waals surface area contributed by atoms with Crippen molar-refractivity contribution in [3.05, 3.63) is 52.9 Å². The fourth-order valence-corrected chi connectivity index (χ4v) is 4.68. The Labute approximate surface area is 167 Å². The van der Waals surface area contributed by atoms with E-state index in [1.807, 2.05) is 18.2 Å². The summed E-state index contributed by atoms with van der Waals surface area (Å²) in [5.74, 6) is 2.24. The van der Waals surface area contributed by atoms with E-state index in [1.54, 1.807) is 18.4 Å². The summed E-state index contributed by atoms with van der Waals surface area (Å²) in [5, 5.41) is 6.63. The average Bonchev–Trinajstić information content (AvgIpc) is 3.38. The van der Waals surface area contributed by atoms with Crippen molar-refractivity contribution in [1.82, 2.24) is 4.98 Å². The van der Waals surface area contributed by atoms with Gasteiger partial charge in [-0.2, -0.15) is 0 Å². The van der Waals surface area contributed by atoms with Crippen molar-refractivity contribution < 1.29 is 19.1 Å². The highest BCUT2D eigenvalue weighted by atomic mass is 32.1. The molecule has 0 bridgehead atoms. The molecule has 0 aliphatic carbocycles. The van der Waals surface area contributed by atoms with Crippen LogP contribution in [0.1, 0.15) is 17.3 Å². The fourth-order valence-electron chi connectivity index (χ4n) is 3.93. The van der Waals surface area contributed by atoms with E-state index >= 15 is 0 Å². The van der Waals surface area contributed by atoms with E-state index in [-0.39, 0.29) is 13.0 Å². The van der Waals surface area contributed by atoms with Gasteiger partial charge in [0.15, 0.2) is 22.8 Å². The van der Waals surface area contributed by atoms with Gasteiger partial charge in [0.1, 0.15) is 0 Å². The van der Waals surface area contributed by atoms with E-state index in [0.717, 1.165) is 46.4 Å². The number of likely N-dealkylation sites (N-methyl/N-ethyl adjacent to an activating group) is 1. The predicted molar refractivity (Wildman–Crippen MR) is 108 cm³/mol. The number of thiazole rings is 1. The Morgan fingerprint density at radius 1 is 1.25 bits per heavy atom. The van der Waals surface area contributed by atoms with Gasteiger partial charge >= 0.3 is 0 Å². The largest absolute Gasteiger partial charge is 0.492 e. The molecule has 2 aliphatic heterocycles. The molecule has 0 fully saturated rings. The molecule has 2 aromatic carbocycles. The number of anilines is 1. The van der Waals surface area contributed by atoms with Crippen LogP contribution in [-0.2, 0) is 6.42 Å². The summed E-state index contributed by atoms with van der Waals surface area (Å²) in [6.45, 7) is 1.26. The number of ether oxygens (including phenoxy) is 3. The zero-order chi connectivity index (χ0) is 19.1. The number of quaternary nitrogens is 1. The summed E-state index contributed by atoms with van der Waals surface area (Å²) in [7, 11) is 3.88. The summed E-state index contributed by atoms with van der Waals surface area (Å²) < 4.78 is 17.1. The smallest absolute Gasteiger partial charge is 0.231 e. The number of fused-ring (bicyclic) bond motifs is 2. The third-order valence-electron chi connectivity index (χ3n) is 5.36. The number of methoxy groups -OCH3 is 1. The van der Waals surface area contributed by atoms with Gasteiger partial charge in [0, 0.05) is 17.4 Å². The van der Waals surface area contributed by atoms with Gasteiger partial charge < -0.3 is 24.4 Å². The zero-order valence-electron chi connectivity index (χ0n) is 15.8. The molecule has 0 radical (unpaired) electrons. The van der Waals surface area contributed by atoms with Gasteiger partial charge in [0.05, 0.1) is 32.0 Å². The maximum Gasteiger partial charge on any atom is 0.231 e. The predicted octanol–water partition coefficient (Wildman–Crippen LogP) is 2.73. The van der Waals surface area contributed by atoms with Gasteiger partial charge in [-0.15, -0.1) is 11.3 Å². The minimum absolute atomic E-state index is 0.0305. The van der Waals surface area contributed by atoms with Crippen LogP contribution < -0.4 is 24.4 Å². The highest BCUT2D eigenvalue weighted by Gasteiger charge is 2.37. The molecule has 2 N–H and O–H groups in total. The molecule has 2 atom stereocenters. The summed E-state index contributed by atoms with van der Waals surface area (Å²) >= 11 is 1.62. The second-order valence-electron chi connectivity index (χ2n) is 7.04. The van der Waals surface area contributed by atoms with E-state index in [2.05, 4.69) is 35.9 Å². The molecular formula is C21H22N3O3S+. The lowest BCUT2D eigenvalue weighted by Crippen LogP contribution is -3.11. The molecular weight excluding hydrogens is 374 g/mol. The van der Waals surface area contributed by atoms with Crippen LogP contribution in [0.5, 0.6) is 17.2 Å². The maximum atomic E-state index is 5.77. The van der Waals surface area contributed by atoms with Gasteiger partial charge in [-0.1, -0.05) is 30.3 Å². The SMILES string of the molecule is COc1c2c(cc3c1[C@H](Nc1nc(-c4ccccc4)cs1)[NH+](C)CC3)OCO2. The van der Waals surface area contributed by atoms with Crippen LogP contribution in [0.15, 0.2) is 41.8 Å². The molecule has 3 aromatic rings. The van der Waals surface area contributed by atoms with Gasteiger partial charge in [-0.25, -0.2) is 4.98 Å². The molecule has 2 aliphatic rings. The van der Waals surface area contributed by atoms with Gasteiger partial charge in [0.2, 0.25) is 12.5 Å². The van der Waals surface area contributed by atoms with Crippen molar-refractivity contribution in [2.75, 3.05) is 32.8 Å². The number of benzene rings is 2. The molecule has 0 saturated heterocycles. The van der Waals surface area contributed by atoms with Crippen LogP contribution in [0.4, 0.5) is 5.13 Å². The lowest BCUT2D eigenvalue weighted by Gasteiger charge is -2.33. The second-order valence-corrected chi connectivity index (χ2v) is 7.90. The van der Waals surface area contributed by atoms with E-state index in [0.29, 0.717) is 5.75 Å². The van der Waals surface area contributed by atoms with E-state index in [4.69, 9.17) is 19.2 Å². The molecule has 7 heteroatoms. The lowest BCUT2D eigenvalue weighted by molar-refractivity contribution is -0.910. The third kappa shape index (κ3) is 2.87. The Balaban J connectivity index is 1.51. The summed E-state index contributed by atoms with van der Waals surface area (Å²) in [5.41, 5.74) is 4.48. The number of nitrogens with zero attached hydrogens (tertiary/aromatic N) is 1. The summed E-state index contributed by atoms with van der Waals surface area (Å²) in [4.78, 5) is 6.17. The molecule has 144 valence electrons. The topological polar surface area (TPSA) is 57.0 Å². The Hall–Kier alpha value is -2.77. The van der Waals surface area contributed by atoms with E-state index in [1.165, 1.54) is 10.5 Å². The molecule has 3 heterocycles. The first-order valence-corrected chi connectivity index (χ1v) is 10.2. The zero-order valence-corrected chi connectivity index (χ0v) is 16.6. The fraction of sp³-hybridized carbons (Fsp3) is 0.286. The second kappa shape index (κ2) is 7.00. The normalized spacial score (nSPS) is 19.9. The van der Waals surface area contributed by atoms with Crippen LogP contribution in [0, 0.1) is 0 Å². The lowest BCUT2D eigenvalue weighted by atomic mass is 9.95. The number of nitrogens with one attached hydrogen (secondary N) is 2. The first-order valence-electron chi connectivity index (χ1n) is 9.33. The van der Waals surface area contributed by atoms with E-state index in [9.17, 15) is 0 Å². The molecule has 0 amide bonds. The van der Waals surface area contributed by atoms with Crippen molar-refractivity contribution >= 4 is 16.5 Å². The van der Waals surface area contributed by atoms with Crippen LogP contribution >= 0.6 is 11.3 Å². The van der Waals surface area contributed by atoms with Crippen molar-refractivity contribution in [1.29, 1.82) is 0 Å². The monoisotopic (exact) mass is 396 g/mol. The van der Waals surface area contributed by atoms with Gasteiger partial charge in [0.25, 0.3) is 0 Å². The number of hydrogen-bond acceptors (Lipinski definition) is 6. The minimum atomic E-state index is 0.0305. The highest BCUT2D eigenvalue weighted by Crippen LogP contribution is 2.47. The van der Waals surface area contributed by atoms with Crippen molar-refractivity contribution in [2.24, 2.45) is 0 Å². The number of hydrogen-bond donors (Lipinski definition) is 2. The van der Waals surface area contributed by atoms with Crippen LogP contribution in [-0.4, -0.2) is 32.5 Å². The molecule has 28 heavy (non-hydrogen) atoms. The van der Waals surface area contributed by atoms with Crippen LogP contribution in [0.25, 0.3) is 11.3 Å². The van der Waals surface area contributed by atoms with Gasteiger partial charge in [-0.3, -0.25) is 0 Å². The minimum Gasteiger partial charge on any atom is -0.492 e. The van der Waals surface area contributed by atoms with Crippen molar-refractivity contribution in [3.8, 4) is 28.5 Å². The van der Waals surface area contributed by atoms with Crippen molar-refractivity contribution in [3.63, 3.8) is 0 Å². The molecule has 5 rings (SSSR count). The molecule has 0 saturated carbocycles. The quantitative estimate of drug-likeness (QED) is 0.710. The Bertz CT molecular complexity index is 1010. The van der Waals surface area contributed by atoms with Crippen LogP contribution in [0.2, 0.25) is 0 Å². The third-order valence-corrected chi connectivity index (χ3v) is 6.13.